The Labute approximate surface area is 255 Å². The van der Waals surface area contributed by atoms with Crippen molar-refractivity contribution in [3.05, 3.63) is 119 Å². The van der Waals surface area contributed by atoms with Gasteiger partial charge < -0.3 is 14.8 Å². The third-order valence-electron chi connectivity index (χ3n) is 6.88. The first-order chi connectivity index (χ1) is 21.3. The second kappa shape index (κ2) is 13.1. The monoisotopic (exact) mass is 589 g/mol. The van der Waals surface area contributed by atoms with Gasteiger partial charge >= 0.3 is 6.03 Å². The highest BCUT2D eigenvalue weighted by molar-refractivity contribution is 6.46. The Morgan fingerprint density at radius 1 is 0.750 bits per heavy atom. The molecule has 4 aromatic carbocycles. The molecule has 1 aliphatic rings. The molecule has 0 spiro atoms. The minimum atomic E-state index is -0.771. The fourth-order valence-corrected chi connectivity index (χ4v) is 4.71. The molecule has 0 atom stereocenters. The smallest absolute Gasteiger partial charge is 0.343 e. The standard InChI is InChI=1S/C35H31N3O6/c1-4-43-31-21-25(17-18-30(31)44-22-32(39)36-29-19-23(2)15-16-24(29)3)20-28-33(40)37(26-11-7-5-8-12-26)35(42)38(34(28)41)27-13-9-6-10-14-27/h5-21H,4,22H2,1-3H3,(H,36,39). The van der Waals surface area contributed by atoms with Crippen LogP contribution < -0.4 is 24.6 Å². The lowest BCUT2D eigenvalue weighted by molar-refractivity contribution is -0.121. The van der Waals surface area contributed by atoms with Crippen LogP contribution >= 0.6 is 0 Å². The summed E-state index contributed by atoms with van der Waals surface area (Å²) in [4.78, 5) is 55.5. The van der Waals surface area contributed by atoms with Gasteiger partial charge in [0.1, 0.15) is 5.57 Å². The first kappa shape index (κ1) is 29.8. The molecule has 0 radical (unpaired) electrons. The van der Waals surface area contributed by atoms with Crippen molar-refractivity contribution in [3.63, 3.8) is 0 Å². The molecular formula is C35H31N3O6. The van der Waals surface area contributed by atoms with Gasteiger partial charge in [-0.25, -0.2) is 14.6 Å². The van der Waals surface area contributed by atoms with Gasteiger partial charge in [0.15, 0.2) is 18.1 Å². The number of para-hydroxylation sites is 2. The zero-order valence-corrected chi connectivity index (χ0v) is 24.6. The van der Waals surface area contributed by atoms with Crippen molar-refractivity contribution in [2.45, 2.75) is 20.8 Å². The molecule has 0 aliphatic carbocycles. The Morgan fingerprint density at radius 3 is 1.95 bits per heavy atom. The fraction of sp³-hybridized carbons (Fsp3) is 0.143. The van der Waals surface area contributed by atoms with Crippen LogP contribution in [0.2, 0.25) is 0 Å². The van der Waals surface area contributed by atoms with Crippen LogP contribution in [0.4, 0.5) is 21.9 Å². The summed E-state index contributed by atoms with van der Waals surface area (Å²) in [5, 5.41) is 2.86. The van der Waals surface area contributed by atoms with E-state index in [9.17, 15) is 19.2 Å². The zero-order chi connectivity index (χ0) is 31.2. The van der Waals surface area contributed by atoms with Crippen molar-refractivity contribution in [1.82, 2.24) is 0 Å². The van der Waals surface area contributed by atoms with Gasteiger partial charge in [-0.15, -0.1) is 0 Å². The van der Waals surface area contributed by atoms with E-state index in [4.69, 9.17) is 9.47 Å². The quantitative estimate of drug-likeness (QED) is 0.181. The molecule has 4 aromatic rings. The highest BCUT2D eigenvalue weighted by Crippen LogP contribution is 2.32. The van der Waals surface area contributed by atoms with Gasteiger partial charge in [-0.1, -0.05) is 54.6 Å². The minimum Gasteiger partial charge on any atom is -0.490 e. The number of rotatable bonds is 9. The van der Waals surface area contributed by atoms with Crippen LogP contribution in [0.1, 0.15) is 23.6 Å². The van der Waals surface area contributed by atoms with E-state index in [0.717, 1.165) is 20.9 Å². The Morgan fingerprint density at radius 2 is 1.36 bits per heavy atom. The molecular weight excluding hydrogens is 558 g/mol. The third-order valence-corrected chi connectivity index (χ3v) is 6.88. The van der Waals surface area contributed by atoms with E-state index in [1.54, 1.807) is 85.8 Å². The molecule has 44 heavy (non-hydrogen) atoms. The minimum absolute atomic E-state index is 0.207. The van der Waals surface area contributed by atoms with E-state index in [-0.39, 0.29) is 18.1 Å². The number of imide groups is 2. The number of amides is 5. The summed E-state index contributed by atoms with van der Waals surface area (Å²) >= 11 is 0. The SMILES string of the molecule is CCOc1cc(C=C2C(=O)N(c3ccccc3)C(=O)N(c3ccccc3)C2=O)ccc1OCC(=O)Nc1cc(C)ccc1C. The van der Waals surface area contributed by atoms with Crippen molar-refractivity contribution in [1.29, 1.82) is 0 Å². The molecule has 0 aromatic heterocycles. The highest BCUT2D eigenvalue weighted by atomic mass is 16.5. The molecule has 1 heterocycles. The molecule has 222 valence electrons. The molecule has 1 aliphatic heterocycles. The van der Waals surface area contributed by atoms with Crippen LogP contribution in [0, 0.1) is 13.8 Å². The predicted octanol–water partition coefficient (Wildman–Crippen LogP) is 6.30. The third kappa shape index (κ3) is 6.37. The van der Waals surface area contributed by atoms with E-state index in [0.29, 0.717) is 40.7 Å². The molecule has 0 bridgehead atoms. The number of hydrogen-bond acceptors (Lipinski definition) is 6. The van der Waals surface area contributed by atoms with Gasteiger partial charge in [-0.2, -0.15) is 0 Å². The fourth-order valence-electron chi connectivity index (χ4n) is 4.71. The Hall–Kier alpha value is -5.70. The summed E-state index contributed by atoms with van der Waals surface area (Å²) in [6.45, 7) is 5.71. The molecule has 0 unspecified atom stereocenters. The van der Waals surface area contributed by atoms with Crippen molar-refractivity contribution < 1.29 is 28.7 Å². The molecule has 5 amide bonds. The van der Waals surface area contributed by atoms with Crippen LogP contribution in [0.3, 0.4) is 0 Å². The number of barbiturate groups is 1. The topological polar surface area (TPSA) is 105 Å². The number of carbonyl (C=O) groups excluding carboxylic acids is 4. The van der Waals surface area contributed by atoms with Crippen LogP contribution in [0.5, 0.6) is 11.5 Å². The largest absolute Gasteiger partial charge is 0.490 e. The summed E-state index contributed by atoms with van der Waals surface area (Å²) in [7, 11) is 0. The van der Waals surface area contributed by atoms with Crippen LogP contribution in [0.25, 0.3) is 6.08 Å². The van der Waals surface area contributed by atoms with E-state index in [1.165, 1.54) is 6.08 Å². The van der Waals surface area contributed by atoms with E-state index >= 15 is 0 Å². The van der Waals surface area contributed by atoms with Crippen molar-refractivity contribution in [2.24, 2.45) is 0 Å². The van der Waals surface area contributed by atoms with Gasteiger partial charge in [-0.05, 0) is 86.0 Å². The van der Waals surface area contributed by atoms with E-state index < -0.39 is 17.8 Å². The molecule has 1 N–H and O–H groups in total. The average molecular weight is 590 g/mol. The Bertz CT molecular complexity index is 1690. The number of anilines is 3. The van der Waals surface area contributed by atoms with Gasteiger partial charge in [0.2, 0.25) is 0 Å². The number of aryl methyl sites for hydroxylation is 2. The summed E-state index contributed by atoms with van der Waals surface area (Å²) in [6, 6.07) is 26.8. The number of nitrogens with one attached hydrogen (secondary N) is 1. The zero-order valence-electron chi connectivity index (χ0n) is 24.6. The molecule has 0 saturated carbocycles. The maximum absolute atomic E-state index is 13.7. The lowest BCUT2D eigenvalue weighted by atomic mass is 10.0. The predicted molar refractivity (Wildman–Crippen MR) is 169 cm³/mol. The van der Waals surface area contributed by atoms with Crippen molar-refractivity contribution in [3.8, 4) is 11.5 Å². The molecule has 1 fully saturated rings. The van der Waals surface area contributed by atoms with Crippen molar-refractivity contribution in [2.75, 3.05) is 28.3 Å². The van der Waals surface area contributed by atoms with E-state index in [1.807, 2.05) is 32.0 Å². The average Bonchev–Trinajstić information content (AvgIpc) is 3.02. The normalized spacial score (nSPS) is 13.2. The number of ether oxygens (including phenoxy) is 2. The van der Waals surface area contributed by atoms with Gasteiger partial charge in [0, 0.05) is 5.69 Å². The highest BCUT2D eigenvalue weighted by Gasteiger charge is 2.43. The number of carbonyl (C=O) groups is 4. The molecule has 9 nitrogen and oxygen atoms in total. The molecule has 1 saturated heterocycles. The summed E-state index contributed by atoms with van der Waals surface area (Å²) in [5.41, 5.74) is 3.59. The van der Waals surface area contributed by atoms with Gasteiger partial charge in [-0.3, -0.25) is 14.4 Å². The molecule has 5 rings (SSSR count). The van der Waals surface area contributed by atoms with Gasteiger partial charge in [0.05, 0.1) is 18.0 Å². The number of hydrogen-bond donors (Lipinski definition) is 1. The maximum atomic E-state index is 13.7. The second-order valence-electron chi connectivity index (χ2n) is 10.1. The van der Waals surface area contributed by atoms with Crippen molar-refractivity contribution >= 4 is 46.9 Å². The van der Waals surface area contributed by atoms with E-state index in [2.05, 4.69) is 5.32 Å². The molecule has 9 heteroatoms. The number of urea groups is 1. The lowest BCUT2D eigenvalue weighted by Crippen LogP contribution is -2.57. The maximum Gasteiger partial charge on any atom is 0.343 e. The first-order valence-electron chi connectivity index (χ1n) is 14.1. The number of nitrogens with zero attached hydrogens (tertiary/aromatic N) is 2. The Balaban J connectivity index is 1.44. The van der Waals surface area contributed by atoms with Crippen LogP contribution in [-0.2, 0) is 14.4 Å². The Kier molecular flexibility index (Phi) is 8.85. The van der Waals surface area contributed by atoms with Gasteiger partial charge in [0.25, 0.3) is 17.7 Å². The first-order valence-corrected chi connectivity index (χ1v) is 14.1. The summed E-state index contributed by atoms with van der Waals surface area (Å²) in [5.74, 6) is -1.19. The number of benzene rings is 4. The van der Waals surface area contributed by atoms with Crippen LogP contribution in [-0.4, -0.2) is 37.0 Å². The summed E-state index contributed by atoms with van der Waals surface area (Å²) < 4.78 is 11.6. The summed E-state index contributed by atoms with van der Waals surface area (Å²) in [6.07, 6.45) is 1.42. The lowest BCUT2D eigenvalue weighted by Gasteiger charge is -2.33. The van der Waals surface area contributed by atoms with Crippen LogP contribution in [0.15, 0.2) is 103 Å². The second-order valence-corrected chi connectivity index (χ2v) is 10.1.